The van der Waals surface area contributed by atoms with Gasteiger partial charge in [0.1, 0.15) is 5.75 Å². The van der Waals surface area contributed by atoms with Crippen LogP contribution < -0.4 is 4.74 Å². The zero-order valence-electron chi connectivity index (χ0n) is 15.5. The Labute approximate surface area is 150 Å². The van der Waals surface area contributed by atoms with E-state index in [1.54, 1.807) is 13.2 Å². The van der Waals surface area contributed by atoms with Crippen molar-refractivity contribution in [1.29, 1.82) is 0 Å². The van der Waals surface area contributed by atoms with Gasteiger partial charge in [0.2, 0.25) is 0 Å². The number of carbonyl (C=O) groups is 2. The quantitative estimate of drug-likeness (QED) is 0.363. The summed E-state index contributed by atoms with van der Waals surface area (Å²) in [6.07, 6.45) is 5.15. The van der Waals surface area contributed by atoms with Gasteiger partial charge in [-0.15, -0.1) is 0 Å². The molecule has 0 aliphatic heterocycles. The van der Waals surface area contributed by atoms with Crippen molar-refractivity contribution < 1.29 is 23.8 Å². The second-order valence-corrected chi connectivity index (χ2v) is 6.35. The van der Waals surface area contributed by atoms with E-state index >= 15 is 0 Å². The lowest BCUT2D eigenvalue weighted by molar-refractivity contribution is -0.154. The van der Waals surface area contributed by atoms with Crippen LogP contribution in [-0.4, -0.2) is 32.3 Å². The predicted molar refractivity (Wildman–Crippen MR) is 97.3 cm³/mol. The van der Waals surface area contributed by atoms with Gasteiger partial charge in [0.25, 0.3) is 0 Å². The fourth-order valence-corrected chi connectivity index (χ4v) is 1.81. The van der Waals surface area contributed by atoms with E-state index in [9.17, 15) is 9.59 Å². The third-order valence-corrected chi connectivity index (χ3v) is 3.98. The number of hydrogen-bond donors (Lipinski definition) is 0. The van der Waals surface area contributed by atoms with Crippen LogP contribution in [0, 0.1) is 5.41 Å². The maximum Gasteiger partial charge on any atom is 0.330 e. The molecule has 25 heavy (non-hydrogen) atoms. The standard InChI is InChI=1S/C20H28O5/c1-5-20(2,3)19(22)25-15-7-6-14-24-18(21)13-10-16-8-11-17(23-4)12-9-16/h8-13H,5-7,14-15H2,1-4H3/b13-10+. The van der Waals surface area contributed by atoms with Crippen LogP contribution in [0.4, 0.5) is 0 Å². The van der Waals surface area contributed by atoms with Crippen LogP contribution in [0.25, 0.3) is 6.08 Å². The van der Waals surface area contributed by atoms with Crippen molar-refractivity contribution in [1.82, 2.24) is 0 Å². The molecule has 0 heterocycles. The molecule has 0 aliphatic carbocycles. The monoisotopic (exact) mass is 348 g/mol. The minimum Gasteiger partial charge on any atom is -0.497 e. The maximum atomic E-state index is 11.8. The molecular formula is C20H28O5. The van der Waals surface area contributed by atoms with E-state index in [4.69, 9.17) is 14.2 Å². The molecule has 1 rings (SSSR count). The number of methoxy groups -OCH3 is 1. The van der Waals surface area contributed by atoms with Crippen molar-refractivity contribution in [3.05, 3.63) is 35.9 Å². The molecule has 0 spiro atoms. The Morgan fingerprint density at radius 1 is 1.04 bits per heavy atom. The summed E-state index contributed by atoms with van der Waals surface area (Å²) in [4.78, 5) is 23.4. The highest BCUT2D eigenvalue weighted by atomic mass is 16.5. The lowest BCUT2D eigenvalue weighted by Gasteiger charge is -2.20. The number of hydrogen-bond acceptors (Lipinski definition) is 5. The van der Waals surface area contributed by atoms with E-state index in [0.29, 0.717) is 26.1 Å². The zero-order valence-corrected chi connectivity index (χ0v) is 15.5. The molecule has 1 aromatic rings. The van der Waals surface area contributed by atoms with Crippen LogP contribution in [0.3, 0.4) is 0 Å². The molecule has 0 aromatic heterocycles. The molecule has 0 fully saturated rings. The fourth-order valence-electron chi connectivity index (χ4n) is 1.81. The molecule has 0 aliphatic rings. The minimum absolute atomic E-state index is 0.186. The molecule has 0 radical (unpaired) electrons. The Morgan fingerprint density at radius 2 is 1.64 bits per heavy atom. The zero-order chi connectivity index (χ0) is 18.7. The second-order valence-electron chi connectivity index (χ2n) is 6.35. The molecule has 5 nitrogen and oxygen atoms in total. The molecule has 1 aromatic carbocycles. The first-order chi connectivity index (χ1) is 11.9. The van der Waals surface area contributed by atoms with E-state index in [2.05, 4.69) is 0 Å². The molecule has 0 unspecified atom stereocenters. The Hall–Kier alpha value is -2.30. The summed E-state index contributed by atoms with van der Waals surface area (Å²) < 4.78 is 15.4. The van der Waals surface area contributed by atoms with Gasteiger partial charge in [-0.2, -0.15) is 0 Å². The average Bonchev–Trinajstić information content (AvgIpc) is 2.62. The first-order valence-corrected chi connectivity index (χ1v) is 8.55. The molecule has 0 bridgehead atoms. The van der Waals surface area contributed by atoms with E-state index in [1.165, 1.54) is 6.08 Å². The summed E-state index contributed by atoms with van der Waals surface area (Å²) in [7, 11) is 1.60. The van der Waals surface area contributed by atoms with Gasteiger partial charge in [0, 0.05) is 6.08 Å². The number of esters is 2. The van der Waals surface area contributed by atoms with Crippen LogP contribution in [0.2, 0.25) is 0 Å². The van der Waals surface area contributed by atoms with Crippen molar-refractivity contribution >= 4 is 18.0 Å². The van der Waals surface area contributed by atoms with Gasteiger partial charge < -0.3 is 14.2 Å². The summed E-state index contributed by atoms with van der Waals surface area (Å²) >= 11 is 0. The fraction of sp³-hybridized carbons (Fsp3) is 0.500. The van der Waals surface area contributed by atoms with E-state index in [1.807, 2.05) is 45.0 Å². The summed E-state index contributed by atoms with van der Waals surface area (Å²) in [5.74, 6) is 0.192. The van der Waals surface area contributed by atoms with Gasteiger partial charge in [-0.05, 0) is 56.9 Å². The third kappa shape index (κ3) is 7.88. The van der Waals surface area contributed by atoms with Gasteiger partial charge in [-0.25, -0.2) is 4.79 Å². The van der Waals surface area contributed by atoms with Gasteiger partial charge in [-0.1, -0.05) is 19.1 Å². The number of unbranched alkanes of at least 4 members (excludes halogenated alkanes) is 1. The maximum absolute atomic E-state index is 11.8. The SMILES string of the molecule is CCC(C)(C)C(=O)OCCCCOC(=O)/C=C/c1ccc(OC)cc1. The van der Waals surface area contributed by atoms with Gasteiger partial charge in [0.15, 0.2) is 0 Å². The number of rotatable bonds is 10. The molecule has 0 amide bonds. The Balaban J connectivity index is 2.18. The lowest BCUT2D eigenvalue weighted by atomic mass is 9.91. The lowest BCUT2D eigenvalue weighted by Crippen LogP contribution is -2.26. The summed E-state index contributed by atoms with van der Waals surface area (Å²) in [6, 6.07) is 7.36. The van der Waals surface area contributed by atoms with Crippen LogP contribution in [0.1, 0.15) is 45.6 Å². The first-order valence-electron chi connectivity index (χ1n) is 8.55. The highest BCUT2D eigenvalue weighted by Crippen LogP contribution is 2.21. The van der Waals surface area contributed by atoms with Crippen LogP contribution in [0.5, 0.6) is 5.75 Å². The predicted octanol–water partition coefficient (Wildman–Crippen LogP) is 4.01. The molecule has 0 atom stereocenters. The van der Waals surface area contributed by atoms with Crippen molar-refractivity contribution in [2.45, 2.75) is 40.0 Å². The minimum atomic E-state index is -0.446. The smallest absolute Gasteiger partial charge is 0.330 e. The normalized spacial score (nSPS) is 11.4. The van der Waals surface area contributed by atoms with Gasteiger partial charge >= 0.3 is 11.9 Å². The second kappa shape index (κ2) is 10.5. The highest BCUT2D eigenvalue weighted by Gasteiger charge is 2.26. The van der Waals surface area contributed by atoms with Crippen molar-refractivity contribution in [3.63, 3.8) is 0 Å². The number of benzene rings is 1. The van der Waals surface area contributed by atoms with Crippen molar-refractivity contribution in [2.75, 3.05) is 20.3 Å². The average molecular weight is 348 g/mol. The summed E-state index contributed by atoms with van der Waals surface area (Å²) in [5, 5.41) is 0. The highest BCUT2D eigenvalue weighted by molar-refractivity contribution is 5.87. The Bertz CT molecular complexity index is 572. The summed E-state index contributed by atoms with van der Waals surface area (Å²) in [5.41, 5.74) is 0.446. The largest absolute Gasteiger partial charge is 0.497 e. The van der Waals surface area contributed by atoms with Gasteiger partial charge in [-0.3, -0.25) is 4.79 Å². The van der Waals surface area contributed by atoms with Crippen molar-refractivity contribution in [3.8, 4) is 5.75 Å². The van der Waals surface area contributed by atoms with E-state index < -0.39 is 5.41 Å². The van der Waals surface area contributed by atoms with Gasteiger partial charge in [0.05, 0.1) is 25.7 Å². The third-order valence-electron chi connectivity index (χ3n) is 3.98. The number of carbonyl (C=O) groups excluding carboxylic acids is 2. The topological polar surface area (TPSA) is 61.8 Å². The molecular weight excluding hydrogens is 320 g/mol. The van der Waals surface area contributed by atoms with Crippen LogP contribution in [-0.2, 0) is 19.1 Å². The first kappa shape index (κ1) is 20.7. The van der Waals surface area contributed by atoms with Crippen molar-refractivity contribution in [2.24, 2.45) is 5.41 Å². The molecule has 0 saturated heterocycles. The van der Waals surface area contributed by atoms with Crippen LogP contribution >= 0.6 is 0 Å². The Morgan fingerprint density at radius 3 is 2.20 bits per heavy atom. The molecule has 0 N–H and O–H groups in total. The van der Waals surface area contributed by atoms with E-state index in [-0.39, 0.29) is 11.9 Å². The van der Waals surface area contributed by atoms with E-state index in [0.717, 1.165) is 17.7 Å². The molecule has 0 saturated carbocycles. The Kier molecular flexibility index (Phi) is 8.75. The van der Waals surface area contributed by atoms with Crippen LogP contribution in [0.15, 0.2) is 30.3 Å². The molecule has 5 heteroatoms. The number of ether oxygens (including phenoxy) is 3. The molecule has 138 valence electrons. The summed E-state index contributed by atoms with van der Waals surface area (Å²) in [6.45, 7) is 6.35.